The van der Waals surface area contributed by atoms with E-state index in [1.165, 1.54) is 5.56 Å². The molecule has 1 saturated carbocycles. The average Bonchev–Trinajstić information content (AvgIpc) is 3.48. The van der Waals surface area contributed by atoms with Crippen LogP contribution in [0.15, 0.2) is 29.3 Å². The number of ether oxygens (including phenoxy) is 1. The van der Waals surface area contributed by atoms with Crippen molar-refractivity contribution in [3.05, 3.63) is 29.8 Å². The second-order valence-corrected chi connectivity index (χ2v) is 7.30. The molecular weight excluding hydrogens is 455 g/mol. The summed E-state index contributed by atoms with van der Waals surface area (Å²) in [7, 11) is 1.67. The molecule has 0 aromatic heterocycles. The number of aliphatic imine (C=N–C) groups is 1. The number of hydrogen-bond acceptors (Lipinski definition) is 3. The second kappa shape index (κ2) is 11.4. The number of nitrogens with one attached hydrogen (secondary N) is 3. The van der Waals surface area contributed by atoms with Crippen molar-refractivity contribution in [3.63, 3.8) is 0 Å². The van der Waals surface area contributed by atoms with E-state index < -0.39 is 0 Å². The summed E-state index contributed by atoms with van der Waals surface area (Å²) < 4.78 is 5.22. The summed E-state index contributed by atoms with van der Waals surface area (Å²) in [6.07, 6.45) is 2.06. The van der Waals surface area contributed by atoms with E-state index >= 15 is 0 Å². The molecule has 0 unspecified atom stereocenters. The van der Waals surface area contributed by atoms with E-state index in [4.69, 9.17) is 9.73 Å². The minimum atomic E-state index is -0.0885. The van der Waals surface area contributed by atoms with Crippen LogP contribution in [0.2, 0.25) is 0 Å². The van der Waals surface area contributed by atoms with Crippen molar-refractivity contribution < 1.29 is 9.53 Å². The summed E-state index contributed by atoms with van der Waals surface area (Å²) >= 11 is 0. The molecule has 1 aliphatic rings. The minimum absolute atomic E-state index is 0. The van der Waals surface area contributed by atoms with E-state index in [1.807, 2.05) is 19.1 Å². The lowest BCUT2D eigenvalue weighted by molar-refractivity contribution is -0.122. The van der Waals surface area contributed by atoms with Gasteiger partial charge in [0.05, 0.1) is 13.7 Å². The van der Waals surface area contributed by atoms with Crippen LogP contribution in [-0.4, -0.2) is 45.2 Å². The Morgan fingerprint density at radius 1 is 1.15 bits per heavy atom. The predicted molar refractivity (Wildman–Crippen MR) is 121 cm³/mol. The zero-order chi connectivity index (χ0) is 19.0. The average molecular weight is 488 g/mol. The first-order chi connectivity index (χ1) is 12.5. The van der Waals surface area contributed by atoms with E-state index in [9.17, 15) is 4.79 Å². The Labute approximate surface area is 179 Å². The number of rotatable bonds is 9. The van der Waals surface area contributed by atoms with Crippen LogP contribution in [0.4, 0.5) is 0 Å². The molecule has 1 aromatic carbocycles. The van der Waals surface area contributed by atoms with Gasteiger partial charge in [-0.3, -0.25) is 9.79 Å². The summed E-state index contributed by atoms with van der Waals surface area (Å²) in [5.74, 6) is 2.06. The highest BCUT2D eigenvalue weighted by Gasteiger charge is 2.29. The predicted octanol–water partition coefficient (Wildman–Crippen LogP) is 2.67. The molecule has 7 heteroatoms. The number of benzene rings is 1. The lowest BCUT2D eigenvalue weighted by Crippen LogP contribution is -2.42. The van der Waals surface area contributed by atoms with Crippen LogP contribution in [0.25, 0.3) is 0 Å². The molecule has 0 aliphatic heterocycles. The molecule has 1 fully saturated rings. The van der Waals surface area contributed by atoms with Crippen molar-refractivity contribution in [1.82, 2.24) is 16.0 Å². The van der Waals surface area contributed by atoms with E-state index in [-0.39, 0.29) is 41.2 Å². The number of nitrogens with zero attached hydrogens (tertiary/aromatic N) is 1. The maximum Gasteiger partial charge on any atom is 0.223 e. The molecule has 1 aromatic rings. The van der Waals surface area contributed by atoms with Crippen LogP contribution in [0.5, 0.6) is 5.75 Å². The summed E-state index contributed by atoms with van der Waals surface area (Å²) in [4.78, 5) is 16.4. The van der Waals surface area contributed by atoms with Gasteiger partial charge >= 0.3 is 0 Å². The summed E-state index contributed by atoms with van der Waals surface area (Å²) in [5, 5.41) is 9.49. The minimum Gasteiger partial charge on any atom is -0.497 e. The summed E-state index contributed by atoms with van der Waals surface area (Å²) in [5.41, 5.74) is 1.13. The molecule has 0 atom stereocenters. The molecule has 0 saturated heterocycles. The van der Waals surface area contributed by atoms with Crippen molar-refractivity contribution in [3.8, 4) is 5.75 Å². The van der Waals surface area contributed by atoms with Gasteiger partial charge in [-0.05, 0) is 37.5 Å². The van der Waals surface area contributed by atoms with E-state index in [1.54, 1.807) is 7.11 Å². The quantitative estimate of drug-likeness (QED) is 0.216. The molecule has 3 N–H and O–H groups in total. The Morgan fingerprint density at radius 3 is 2.33 bits per heavy atom. The number of hydrogen-bond donors (Lipinski definition) is 3. The first-order valence-electron chi connectivity index (χ1n) is 9.40. The lowest BCUT2D eigenvalue weighted by atomic mass is 9.85. The van der Waals surface area contributed by atoms with Gasteiger partial charge in [-0.1, -0.05) is 26.0 Å². The van der Waals surface area contributed by atoms with E-state index in [0.717, 1.165) is 31.1 Å². The molecule has 0 radical (unpaired) electrons. The Morgan fingerprint density at radius 2 is 1.78 bits per heavy atom. The molecule has 1 amide bonds. The number of carbonyl (C=O) groups excluding carboxylic acids is 1. The van der Waals surface area contributed by atoms with Crippen molar-refractivity contribution >= 4 is 35.8 Å². The van der Waals surface area contributed by atoms with Gasteiger partial charge in [0.25, 0.3) is 0 Å². The fourth-order valence-corrected chi connectivity index (χ4v) is 2.61. The van der Waals surface area contributed by atoms with Gasteiger partial charge in [0.2, 0.25) is 5.91 Å². The molecule has 152 valence electrons. The standard InChI is InChI=1S/C20H32N4O2.HI/c1-5-21-19(23-13-12-22-18(25)15-6-7-15)24-14-20(2,3)16-8-10-17(26-4)11-9-16;/h8-11,15H,5-7,12-14H2,1-4H3,(H,22,25)(H2,21,23,24);1H. The van der Waals surface area contributed by atoms with Crippen LogP contribution in [0.1, 0.15) is 39.2 Å². The Kier molecular flexibility index (Phi) is 9.90. The van der Waals surface area contributed by atoms with Crippen LogP contribution < -0.4 is 20.7 Å². The Balaban J connectivity index is 0.00000364. The first-order valence-corrected chi connectivity index (χ1v) is 9.40. The van der Waals surface area contributed by atoms with Gasteiger partial charge in [-0.25, -0.2) is 0 Å². The van der Waals surface area contributed by atoms with E-state index in [0.29, 0.717) is 19.6 Å². The number of methoxy groups -OCH3 is 1. The zero-order valence-electron chi connectivity index (χ0n) is 16.8. The van der Waals surface area contributed by atoms with Crippen LogP contribution in [0.3, 0.4) is 0 Å². The molecule has 1 aliphatic carbocycles. The molecule has 0 spiro atoms. The first kappa shape index (κ1) is 23.5. The monoisotopic (exact) mass is 488 g/mol. The molecule has 6 nitrogen and oxygen atoms in total. The fraction of sp³-hybridized carbons (Fsp3) is 0.600. The fourth-order valence-electron chi connectivity index (χ4n) is 2.61. The molecule has 0 heterocycles. The normalized spacial score (nSPS) is 14.1. The Bertz CT molecular complexity index is 613. The summed E-state index contributed by atoms with van der Waals surface area (Å²) in [6.45, 7) is 9.12. The van der Waals surface area contributed by atoms with Crippen molar-refractivity contribution in [2.24, 2.45) is 10.9 Å². The lowest BCUT2D eigenvalue weighted by Gasteiger charge is -2.24. The topological polar surface area (TPSA) is 74.8 Å². The zero-order valence-corrected chi connectivity index (χ0v) is 19.1. The Hall–Kier alpha value is -1.51. The number of halogens is 1. The number of amides is 1. The van der Waals surface area contributed by atoms with Gasteiger partial charge in [-0.2, -0.15) is 0 Å². The second-order valence-electron chi connectivity index (χ2n) is 7.30. The maximum atomic E-state index is 11.6. The third kappa shape index (κ3) is 7.94. The number of guanidine groups is 1. The maximum absolute atomic E-state index is 11.6. The molecule has 27 heavy (non-hydrogen) atoms. The van der Waals surface area contributed by atoms with Gasteiger partial charge < -0.3 is 20.7 Å². The van der Waals surface area contributed by atoms with Gasteiger partial charge in [0.1, 0.15) is 5.75 Å². The summed E-state index contributed by atoms with van der Waals surface area (Å²) in [6, 6.07) is 8.13. The van der Waals surface area contributed by atoms with Crippen molar-refractivity contribution in [2.45, 2.75) is 39.0 Å². The van der Waals surface area contributed by atoms with Gasteiger partial charge in [0.15, 0.2) is 5.96 Å². The van der Waals surface area contributed by atoms with Gasteiger partial charge in [0, 0.05) is 31.0 Å². The largest absolute Gasteiger partial charge is 0.497 e. The SMILES string of the molecule is CCNC(=NCC(C)(C)c1ccc(OC)cc1)NCCNC(=O)C1CC1.I. The molecule has 0 bridgehead atoms. The third-order valence-corrected chi connectivity index (χ3v) is 4.51. The van der Waals surface area contributed by atoms with E-state index in [2.05, 4.69) is 41.9 Å². The van der Waals surface area contributed by atoms with Crippen LogP contribution >= 0.6 is 24.0 Å². The highest BCUT2D eigenvalue weighted by molar-refractivity contribution is 14.0. The van der Waals surface area contributed by atoms with Crippen molar-refractivity contribution in [2.75, 3.05) is 33.3 Å². The third-order valence-electron chi connectivity index (χ3n) is 4.51. The smallest absolute Gasteiger partial charge is 0.223 e. The molecule has 2 rings (SSSR count). The number of carbonyl (C=O) groups is 1. The van der Waals surface area contributed by atoms with Crippen LogP contribution in [0, 0.1) is 5.92 Å². The van der Waals surface area contributed by atoms with Crippen molar-refractivity contribution in [1.29, 1.82) is 0 Å². The van der Waals surface area contributed by atoms with Crippen LogP contribution in [-0.2, 0) is 10.2 Å². The van der Waals surface area contributed by atoms with Gasteiger partial charge in [-0.15, -0.1) is 24.0 Å². The highest BCUT2D eigenvalue weighted by Crippen LogP contribution is 2.28. The molecular formula is C20H33IN4O2. The highest BCUT2D eigenvalue weighted by atomic mass is 127.